The van der Waals surface area contributed by atoms with Gasteiger partial charge in [-0.2, -0.15) is 13.2 Å². The molecule has 0 fully saturated rings. The van der Waals surface area contributed by atoms with Crippen molar-refractivity contribution in [3.05, 3.63) is 0 Å². The summed E-state index contributed by atoms with van der Waals surface area (Å²) in [7, 11) is 0. The second-order valence-electron chi connectivity index (χ2n) is 2.49. The molecule has 0 spiro atoms. The normalized spacial score (nSPS) is 12.5. The van der Waals surface area contributed by atoms with Crippen molar-refractivity contribution in [2.45, 2.75) is 19.5 Å². The molecule has 0 amide bonds. The molecule has 0 saturated heterocycles. The molecule has 0 N–H and O–H groups in total. The van der Waals surface area contributed by atoms with Crippen molar-refractivity contribution in [2.24, 2.45) is 0 Å². The zero-order valence-electron chi connectivity index (χ0n) is 6.99. The Morgan fingerprint density at radius 1 is 1.25 bits per heavy atom. The molecule has 12 heavy (non-hydrogen) atoms. The van der Waals surface area contributed by atoms with E-state index in [1.165, 1.54) is 0 Å². The number of hydrogen-bond donors (Lipinski definition) is 0. The van der Waals surface area contributed by atoms with E-state index in [2.05, 4.69) is 15.9 Å². The van der Waals surface area contributed by atoms with Crippen LogP contribution in [0.5, 0.6) is 0 Å². The summed E-state index contributed by atoms with van der Waals surface area (Å²) >= 11 is 3.19. The zero-order valence-corrected chi connectivity index (χ0v) is 8.58. The molecule has 0 radical (unpaired) electrons. The molecule has 0 bridgehead atoms. The zero-order chi connectivity index (χ0) is 9.61. The van der Waals surface area contributed by atoms with Gasteiger partial charge >= 0.3 is 6.18 Å². The Balaban J connectivity index is 3.58. The van der Waals surface area contributed by atoms with Crippen molar-refractivity contribution in [3.8, 4) is 0 Å². The predicted octanol–water partition coefficient (Wildman–Crippen LogP) is 2.66. The van der Waals surface area contributed by atoms with Gasteiger partial charge in [-0.1, -0.05) is 22.9 Å². The van der Waals surface area contributed by atoms with Gasteiger partial charge in [-0.3, -0.25) is 0 Å². The van der Waals surface area contributed by atoms with Crippen LogP contribution in [0.3, 0.4) is 0 Å². The van der Waals surface area contributed by atoms with Gasteiger partial charge in [0.15, 0.2) is 0 Å². The molecule has 0 heterocycles. The third kappa shape index (κ3) is 6.91. The van der Waals surface area contributed by atoms with Gasteiger partial charge in [-0.15, -0.1) is 0 Å². The van der Waals surface area contributed by atoms with Crippen molar-refractivity contribution in [2.75, 3.05) is 25.0 Å². The number of halogens is 4. The maximum absolute atomic E-state index is 11.8. The van der Waals surface area contributed by atoms with Gasteiger partial charge < -0.3 is 4.90 Å². The van der Waals surface area contributed by atoms with Crippen molar-refractivity contribution in [1.82, 2.24) is 4.90 Å². The van der Waals surface area contributed by atoms with Gasteiger partial charge in [0, 0.05) is 18.4 Å². The highest BCUT2D eigenvalue weighted by Crippen LogP contribution is 2.19. The van der Waals surface area contributed by atoms with E-state index in [-0.39, 0.29) is 6.54 Å². The predicted molar refractivity (Wildman–Crippen MR) is 46.6 cm³/mol. The van der Waals surface area contributed by atoms with Crippen molar-refractivity contribution >= 4 is 15.9 Å². The Morgan fingerprint density at radius 3 is 2.17 bits per heavy atom. The topological polar surface area (TPSA) is 3.24 Å². The largest absolute Gasteiger partial charge is 0.390 e. The van der Waals surface area contributed by atoms with Crippen molar-refractivity contribution in [1.29, 1.82) is 0 Å². The average Bonchev–Trinajstić information content (AvgIpc) is 1.96. The fraction of sp³-hybridized carbons (Fsp3) is 1.00. The standard InChI is InChI=1S/C7H13BrF3N/c1-2-12(6-4-8)5-3-7(9,10)11/h2-6H2,1H3. The monoisotopic (exact) mass is 247 g/mol. The second-order valence-corrected chi connectivity index (χ2v) is 3.28. The Morgan fingerprint density at radius 2 is 1.83 bits per heavy atom. The molecule has 0 aliphatic heterocycles. The Bertz CT molecular complexity index is 116. The molecule has 0 aromatic heterocycles. The van der Waals surface area contributed by atoms with E-state index in [4.69, 9.17) is 0 Å². The van der Waals surface area contributed by atoms with E-state index in [9.17, 15) is 13.2 Å². The lowest BCUT2D eigenvalue weighted by atomic mass is 10.3. The summed E-state index contributed by atoms with van der Waals surface area (Å²) in [5, 5.41) is 0.721. The van der Waals surface area contributed by atoms with Gasteiger partial charge in [0.1, 0.15) is 0 Å². The minimum atomic E-state index is -4.03. The SMILES string of the molecule is CCN(CCBr)CCC(F)(F)F. The van der Waals surface area contributed by atoms with Gasteiger partial charge in [-0.05, 0) is 6.54 Å². The Labute approximate surface area is 79.1 Å². The molecule has 74 valence electrons. The van der Waals surface area contributed by atoms with E-state index >= 15 is 0 Å². The number of nitrogens with zero attached hydrogens (tertiary/aromatic N) is 1. The summed E-state index contributed by atoms with van der Waals surface area (Å²) in [6, 6.07) is 0. The lowest BCUT2D eigenvalue weighted by molar-refractivity contribution is -0.137. The minimum absolute atomic E-state index is 0.103. The first-order valence-electron chi connectivity index (χ1n) is 3.84. The summed E-state index contributed by atoms with van der Waals surface area (Å²) in [5.41, 5.74) is 0. The minimum Gasteiger partial charge on any atom is -0.302 e. The molecule has 0 rings (SSSR count). The van der Waals surface area contributed by atoms with Gasteiger partial charge in [-0.25, -0.2) is 0 Å². The van der Waals surface area contributed by atoms with Crippen LogP contribution in [0.4, 0.5) is 13.2 Å². The van der Waals surface area contributed by atoms with Crippen LogP contribution in [0.2, 0.25) is 0 Å². The van der Waals surface area contributed by atoms with Gasteiger partial charge in [0.25, 0.3) is 0 Å². The molecule has 0 aliphatic rings. The number of rotatable bonds is 5. The van der Waals surface area contributed by atoms with Crippen molar-refractivity contribution in [3.63, 3.8) is 0 Å². The van der Waals surface area contributed by atoms with E-state index in [0.29, 0.717) is 13.1 Å². The van der Waals surface area contributed by atoms with Crippen LogP contribution in [-0.4, -0.2) is 36.0 Å². The number of hydrogen-bond acceptors (Lipinski definition) is 1. The summed E-state index contributed by atoms with van der Waals surface area (Å²) in [5.74, 6) is 0. The average molecular weight is 248 g/mol. The summed E-state index contributed by atoms with van der Waals surface area (Å²) in [4.78, 5) is 1.77. The van der Waals surface area contributed by atoms with E-state index in [1.54, 1.807) is 4.90 Å². The maximum atomic E-state index is 11.8. The van der Waals surface area contributed by atoms with Crippen LogP contribution in [0.1, 0.15) is 13.3 Å². The van der Waals surface area contributed by atoms with Crippen LogP contribution < -0.4 is 0 Å². The highest BCUT2D eigenvalue weighted by molar-refractivity contribution is 9.09. The third-order valence-corrected chi connectivity index (χ3v) is 1.91. The lowest BCUT2D eigenvalue weighted by Crippen LogP contribution is -2.29. The molecule has 0 aliphatic carbocycles. The van der Waals surface area contributed by atoms with E-state index in [1.807, 2.05) is 6.92 Å². The van der Waals surface area contributed by atoms with Gasteiger partial charge in [0.2, 0.25) is 0 Å². The second kappa shape index (κ2) is 5.80. The molecule has 5 heteroatoms. The molecule has 0 aromatic carbocycles. The van der Waals surface area contributed by atoms with E-state index in [0.717, 1.165) is 5.33 Å². The van der Waals surface area contributed by atoms with Crippen LogP contribution in [0.15, 0.2) is 0 Å². The molecule has 0 saturated carbocycles. The summed E-state index contributed by atoms with van der Waals surface area (Å²) in [6.07, 6.45) is -4.74. The maximum Gasteiger partial charge on any atom is 0.390 e. The molecule has 1 nitrogen and oxygen atoms in total. The molecule has 0 aromatic rings. The van der Waals surface area contributed by atoms with Crippen molar-refractivity contribution < 1.29 is 13.2 Å². The first-order chi connectivity index (χ1) is 5.49. The van der Waals surface area contributed by atoms with Gasteiger partial charge in [0.05, 0.1) is 6.42 Å². The Kier molecular flexibility index (Phi) is 5.92. The molecular formula is C7H13BrF3N. The molecule has 0 atom stereocenters. The smallest absolute Gasteiger partial charge is 0.302 e. The highest BCUT2D eigenvalue weighted by Gasteiger charge is 2.27. The summed E-state index contributed by atoms with van der Waals surface area (Å²) in [6.45, 7) is 3.30. The third-order valence-electron chi connectivity index (χ3n) is 1.56. The highest BCUT2D eigenvalue weighted by atomic mass is 79.9. The fourth-order valence-electron chi connectivity index (χ4n) is 0.832. The quantitative estimate of drug-likeness (QED) is 0.676. The fourth-order valence-corrected chi connectivity index (χ4v) is 1.33. The Hall–Kier alpha value is 0.230. The first-order valence-corrected chi connectivity index (χ1v) is 4.97. The lowest BCUT2D eigenvalue weighted by Gasteiger charge is -2.19. The first kappa shape index (κ1) is 12.2. The number of alkyl halides is 4. The van der Waals surface area contributed by atoms with Crippen LogP contribution in [0, 0.1) is 0 Å². The van der Waals surface area contributed by atoms with Crippen LogP contribution in [-0.2, 0) is 0 Å². The molecular weight excluding hydrogens is 235 g/mol. The summed E-state index contributed by atoms with van der Waals surface area (Å²) < 4.78 is 35.3. The van der Waals surface area contributed by atoms with Crippen LogP contribution in [0.25, 0.3) is 0 Å². The van der Waals surface area contributed by atoms with Crippen LogP contribution >= 0.6 is 15.9 Å². The van der Waals surface area contributed by atoms with E-state index < -0.39 is 12.6 Å². The molecule has 0 unspecified atom stereocenters.